The minimum absolute atomic E-state index is 0.0671. The highest BCUT2D eigenvalue weighted by Crippen LogP contribution is 2.18. The van der Waals surface area contributed by atoms with Crippen LogP contribution in [0.1, 0.15) is 20.7 Å². The maximum absolute atomic E-state index is 11.7. The van der Waals surface area contributed by atoms with Crippen molar-refractivity contribution in [3.05, 3.63) is 90.0 Å². The molecule has 3 rings (SSSR count). The molecular weight excluding hydrogens is 336 g/mol. The predicted molar refractivity (Wildman–Crippen MR) is 94.6 cm³/mol. The fourth-order valence-electron chi connectivity index (χ4n) is 1.95. The van der Waals surface area contributed by atoms with Crippen LogP contribution in [-0.2, 0) is 0 Å². The van der Waals surface area contributed by atoms with Gasteiger partial charge in [0.25, 0.3) is 0 Å². The van der Waals surface area contributed by atoms with E-state index in [1.807, 2.05) is 6.07 Å². The standard InChI is InChI=1S/C13H10O3.C7H6O3/c14-12-9-5-4-8-11(12)13(15)16-10-6-2-1-3-7-10;8-6-4-2-1-3-5(6)7(9)10/h1-9,14H;1-4,8H,(H,9,10). The molecule has 0 bridgehead atoms. The van der Waals surface area contributed by atoms with Gasteiger partial charge in [-0.15, -0.1) is 0 Å². The zero-order chi connectivity index (χ0) is 18.9. The first-order chi connectivity index (χ1) is 12.5. The van der Waals surface area contributed by atoms with Crippen LogP contribution in [0.3, 0.4) is 0 Å². The molecule has 0 atom stereocenters. The number of aromatic hydroxyl groups is 2. The van der Waals surface area contributed by atoms with Crippen molar-refractivity contribution < 1.29 is 29.6 Å². The van der Waals surface area contributed by atoms with Crippen LogP contribution in [0.2, 0.25) is 0 Å². The monoisotopic (exact) mass is 352 g/mol. The highest BCUT2D eigenvalue weighted by molar-refractivity contribution is 5.93. The molecule has 132 valence electrons. The van der Waals surface area contributed by atoms with Crippen molar-refractivity contribution in [3.8, 4) is 17.2 Å². The van der Waals surface area contributed by atoms with Gasteiger partial charge in [-0.05, 0) is 36.4 Å². The molecule has 6 heteroatoms. The van der Waals surface area contributed by atoms with Crippen LogP contribution in [0.25, 0.3) is 0 Å². The Morgan fingerprint density at radius 1 is 0.654 bits per heavy atom. The molecule has 0 aliphatic rings. The summed E-state index contributed by atoms with van der Waals surface area (Å²) in [6.45, 7) is 0. The van der Waals surface area contributed by atoms with E-state index >= 15 is 0 Å². The van der Waals surface area contributed by atoms with Gasteiger partial charge in [0.15, 0.2) is 0 Å². The van der Waals surface area contributed by atoms with E-state index in [2.05, 4.69) is 0 Å². The lowest BCUT2D eigenvalue weighted by Crippen LogP contribution is -2.08. The van der Waals surface area contributed by atoms with Crippen LogP contribution in [0.15, 0.2) is 78.9 Å². The lowest BCUT2D eigenvalue weighted by molar-refractivity contribution is 0.0691. The van der Waals surface area contributed by atoms with Crippen LogP contribution in [0.5, 0.6) is 17.2 Å². The molecule has 3 N–H and O–H groups in total. The first-order valence-electron chi connectivity index (χ1n) is 7.55. The van der Waals surface area contributed by atoms with Gasteiger partial charge in [-0.3, -0.25) is 0 Å². The molecule has 0 aromatic heterocycles. The number of para-hydroxylation sites is 3. The zero-order valence-electron chi connectivity index (χ0n) is 13.6. The average molecular weight is 352 g/mol. The van der Waals surface area contributed by atoms with Gasteiger partial charge < -0.3 is 20.1 Å². The normalized spacial score (nSPS) is 9.54. The number of carboxylic acids is 1. The first-order valence-corrected chi connectivity index (χ1v) is 7.55. The molecule has 0 saturated heterocycles. The molecule has 3 aromatic rings. The zero-order valence-corrected chi connectivity index (χ0v) is 13.6. The summed E-state index contributed by atoms with van der Waals surface area (Å²) >= 11 is 0. The van der Waals surface area contributed by atoms with E-state index in [-0.39, 0.29) is 22.6 Å². The molecule has 0 unspecified atom stereocenters. The second-order valence-electron chi connectivity index (χ2n) is 5.04. The van der Waals surface area contributed by atoms with Crippen LogP contribution in [-0.4, -0.2) is 27.3 Å². The molecule has 0 aliphatic heterocycles. The summed E-state index contributed by atoms with van der Waals surface area (Å²) < 4.78 is 5.08. The third kappa shape index (κ3) is 5.10. The second-order valence-corrected chi connectivity index (χ2v) is 5.04. The summed E-state index contributed by atoms with van der Waals surface area (Å²) in [7, 11) is 0. The molecule has 0 aliphatic carbocycles. The lowest BCUT2D eigenvalue weighted by atomic mass is 10.2. The molecule has 6 nitrogen and oxygen atoms in total. The molecule has 0 saturated carbocycles. The summed E-state index contributed by atoms with van der Waals surface area (Å²) in [5.74, 6) is -1.50. The minimum Gasteiger partial charge on any atom is -0.507 e. The Kier molecular flexibility index (Phi) is 6.34. The van der Waals surface area contributed by atoms with Crippen molar-refractivity contribution in [3.63, 3.8) is 0 Å². The molecular formula is C20H16O6. The third-order valence-electron chi connectivity index (χ3n) is 3.21. The Labute approximate surface area is 149 Å². The lowest BCUT2D eigenvalue weighted by Gasteiger charge is -2.04. The summed E-state index contributed by atoms with van der Waals surface area (Å²) in [4.78, 5) is 21.9. The summed E-state index contributed by atoms with van der Waals surface area (Å²) in [6.07, 6.45) is 0. The van der Waals surface area contributed by atoms with Gasteiger partial charge in [-0.2, -0.15) is 0 Å². The van der Waals surface area contributed by atoms with E-state index in [0.717, 1.165) is 0 Å². The number of benzene rings is 3. The number of hydrogen-bond acceptors (Lipinski definition) is 5. The van der Waals surface area contributed by atoms with Crippen molar-refractivity contribution in [2.24, 2.45) is 0 Å². The first kappa shape index (κ1) is 18.5. The quantitative estimate of drug-likeness (QED) is 0.490. The largest absolute Gasteiger partial charge is 0.507 e. The van der Waals surface area contributed by atoms with Gasteiger partial charge in [0, 0.05) is 0 Å². The number of carboxylic acid groups (broad SMARTS) is 1. The van der Waals surface area contributed by atoms with Gasteiger partial charge in [-0.1, -0.05) is 42.5 Å². The fourth-order valence-corrected chi connectivity index (χ4v) is 1.95. The van der Waals surface area contributed by atoms with E-state index < -0.39 is 11.9 Å². The number of rotatable bonds is 3. The van der Waals surface area contributed by atoms with E-state index in [1.165, 1.54) is 24.3 Å². The number of carbonyl (C=O) groups is 2. The number of hydrogen-bond donors (Lipinski definition) is 3. The Morgan fingerprint density at radius 2 is 1.12 bits per heavy atom. The van der Waals surface area contributed by atoms with E-state index in [4.69, 9.17) is 14.9 Å². The Hall–Kier alpha value is -3.80. The van der Waals surface area contributed by atoms with Gasteiger partial charge in [0.05, 0.1) is 0 Å². The molecule has 0 fully saturated rings. The highest BCUT2D eigenvalue weighted by Gasteiger charge is 2.12. The number of phenols is 2. The van der Waals surface area contributed by atoms with Gasteiger partial charge >= 0.3 is 11.9 Å². The number of ether oxygens (including phenoxy) is 1. The van der Waals surface area contributed by atoms with E-state index in [0.29, 0.717) is 5.75 Å². The number of esters is 1. The van der Waals surface area contributed by atoms with E-state index in [9.17, 15) is 14.7 Å². The maximum Gasteiger partial charge on any atom is 0.347 e. The molecule has 26 heavy (non-hydrogen) atoms. The van der Waals surface area contributed by atoms with Gasteiger partial charge in [0.2, 0.25) is 0 Å². The Bertz CT molecular complexity index is 890. The van der Waals surface area contributed by atoms with Gasteiger partial charge in [0.1, 0.15) is 28.4 Å². The van der Waals surface area contributed by atoms with Crippen molar-refractivity contribution in [2.75, 3.05) is 0 Å². The predicted octanol–water partition coefficient (Wildman–Crippen LogP) is 3.70. The van der Waals surface area contributed by atoms with Crippen LogP contribution >= 0.6 is 0 Å². The molecule has 0 amide bonds. The molecule has 0 heterocycles. The highest BCUT2D eigenvalue weighted by atomic mass is 16.5. The van der Waals surface area contributed by atoms with Crippen LogP contribution in [0.4, 0.5) is 0 Å². The van der Waals surface area contributed by atoms with Crippen molar-refractivity contribution >= 4 is 11.9 Å². The van der Waals surface area contributed by atoms with E-state index in [1.54, 1.807) is 48.5 Å². The Balaban J connectivity index is 0.000000209. The van der Waals surface area contributed by atoms with Crippen LogP contribution in [0, 0.1) is 0 Å². The van der Waals surface area contributed by atoms with Crippen molar-refractivity contribution in [2.45, 2.75) is 0 Å². The van der Waals surface area contributed by atoms with Crippen molar-refractivity contribution in [1.29, 1.82) is 0 Å². The van der Waals surface area contributed by atoms with Gasteiger partial charge in [-0.25, -0.2) is 9.59 Å². The SMILES string of the molecule is O=C(O)c1ccccc1O.O=C(Oc1ccccc1)c1ccccc1O. The Morgan fingerprint density at radius 3 is 1.58 bits per heavy atom. The topological polar surface area (TPSA) is 104 Å². The number of aromatic carboxylic acids is 1. The number of phenolic OH excluding ortho intramolecular Hbond substituents is 1. The second kappa shape index (κ2) is 8.89. The minimum atomic E-state index is -1.11. The summed E-state index contributed by atoms with van der Waals surface area (Å²) in [5, 5.41) is 26.8. The molecule has 0 spiro atoms. The molecule has 0 radical (unpaired) electrons. The summed E-state index contributed by atoms with van der Waals surface area (Å²) in [6, 6.07) is 20.8. The average Bonchev–Trinajstić information content (AvgIpc) is 2.63. The number of carbonyl (C=O) groups excluding carboxylic acids is 1. The van der Waals surface area contributed by atoms with Crippen molar-refractivity contribution in [1.82, 2.24) is 0 Å². The van der Waals surface area contributed by atoms with Crippen LogP contribution < -0.4 is 4.74 Å². The fraction of sp³-hybridized carbons (Fsp3) is 0. The molecule has 3 aromatic carbocycles. The summed E-state index contributed by atoms with van der Waals surface area (Å²) in [5.41, 5.74) is 0.0915. The maximum atomic E-state index is 11.7. The third-order valence-corrected chi connectivity index (χ3v) is 3.21. The smallest absolute Gasteiger partial charge is 0.347 e.